The lowest BCUT2D eigenvalue weighted by atomic mass is 10.0. The number of carbonyl (C=O) groups is 2. The third kappa shape index (κ3) is 7.67. The lowest BCUT2D eigenvalue weighted by Gasteiger charge is -2.33. The zero-order valence-electron chi connectivity index (χ0n) is 18.6. The quantitative estimate of drug-likeness (QED) is 0.602. The second kappa shape index (κ2) is 11.0. The van der Waals surface area contributed by atoms with Gasteiger partial charge in [0, 0.05) is 6.54 Å². The minimum absolute atomic E-state index is 0.0546. The number of hydrogen-bond acceptors (Lipinski definition) is 6. The van der Waals surface area contributed by atoms with E-state index in [2.05, 4.69) is 29.6 Å². The van der Waals surface area contributed by atoms with Crippen LogP contribution in [-0.4, -0.2) is 54.1 Å². The molecule has 1 aliphatic rings. The molecule has 0 radical (unpaired) electrons. The van der Waals surface area contributed by atoms with Crippen LogP contribution < -0.4 is 10.6 Å². The Bertz CT molecular complexity index is 728. The largest absolute Gasteiger partial charge is 0.444 e. The summed E-state index contributed by atoms with van der Waals surface area (Å²) in [6.45, 7) is 11.2. The van der Waals surface area contributed by atoms with Crippen LogP contribution in [-0.2, 0) is 20.9 Å². The monoisotopic (exact) mass is 418 g/mol. The Morgan fingerprint density at radius 3 is 2.57 bits per heavy atom. The number of hydrogen-bond donors (Lipinski definition) is 2. The van der Waals surface area contributed by atoms with Crippen molar-refractivity contribution in [2.45, 2.75) is 59.2 Å². The molecule has 0 aliphatic carbocycles. The Morgan fingerprint density at radius 1 is 1.23 bits per heavy atom. The normalized spacial score (nSPS) is 15.5. The number of nitrogens with zero attached hydrogens (tertiary/aromatic N) is 2. The van der Waals surface area contributed by atoms with Crippen molar-refractivity contribution in [3.63, 3.8) is 0 Å². The molecule has 0 aromatic heterocycles. The Balaban J connectivity index is 1.92. The van der Waals surface area contributed by atoms with Crippen molar-refractivity contribution >= 4 is 17.8 Å². The number of ether oxygens (including phenoxy) is 1. The number of oxime groups is 1. The van der Waals surface area contributed by atoms with Gasteiger partial charge in [0.1, 0.15) is 5.60 Å². The van der Waals surface area contributed by atoms with Gasteiger partial charge in [-0.3, -0.25) is 9.69 Å². The third-order valence-corrected chi connectivity index (χ3v) is 4.44. The number of rotatable bonds is 9. The molecule has 2 amide bonds. The van der Waals surface area contributed by atoms with Gasteiger partial charge in [-0.2, -0.15) is 0 Å². The molecule has 1 aromatic carbocycles. The molecule has 0 fully saturated rings. The first kappa shape index (κ1) is 23.7. The molecule has 30 heavy (non-hydrogen) atoms. The Morgan fingerprint density at radius 2 is 1.93 bits per heavy atom. The van der Waals surface area contributed by atoms with Crippen LogP contribution in [0.5, 0.6) is 0 Å². The van der Waals surface area contributed by atoms with Crippen molar-refractivity contribution in [3.8, 4) is 0 Å². The van der Waals surface area contributed by atoms with E-state index < -0.39 is 11.7 Å². The van der Waals surface area contributed by atoms with Gasteiger partial charge in [-0.25, -0.2) is 4.79 Å². The number of nitrogens with one attached hydrogen (secondary N) is 2. The smallest absolute Gasteiger partial charge is 0.407 e. The molecule has 1 unspecified atom stereocenters. The van der Waals surface area contributed by atoms with Crippen LogP contribution in [0.4, 0.5) is 4.79 Å². The summed E-state index contributed by atoms with van der Waals surface area (Å²) in [6, 6.07) is 9.67. The fraction of sp³-hybridized carbons (Fsp3) is 0.591. The van der Waals surface area contributed by atoms with Gasteiger partial charge in [-0.15, -0.1) is 0 Å². The van der Waals surface area contributed by atoms with Crippen molar-refractivity contribution in [1.82, 2.24) is 15.5 Å². The summed E-state index contributed by atoms with van der Waals surface area (Å²) in [7, 11) is 0. The van der Waals surface area contributed by atoms with E-state index >= 15 is 0 Å². The van der Waals surface area contributed by atoms with Crippen LogP contribution in [0, 0.1) is 5.92 Å². The lowest BCUT2D eigenvalue weighted by Crippen LogP contribution is -2.54. The second-order valence-corrected chi connectivity index (χ2v) is 8.65. The number of benzene rings is 1. The van der Waals surface area contributed by atoms with Gasteiger partial charge in [-0.05, 0) is 45.2 Å². The lowest BCUT2D eigenvalue weighted by molar-refractivity contribution is -0.135. The number of alkyl carbamates (subject to hydrolysis) is 1. The molecule has 1 aromatic rings. The van der Waals surface area contributed by atoms with E-state index in [9.17, 15) is 9.59 Å². The highest BCUT2D eigenvalue weighted by Gasteiger charge is 2.32. The van der Waals surface area contributed by atoms with Crippen molar-refractivity contribution < 1.29 is 19.2 Å². The third-order valence-electron chi connectivity index (χ3n) is 4.44. The first-order valence-electron chi connectivity index (χ1n) is 10.4. The van der Waals surface area contributed by atoms with Gasteiger partial charge >= 0.3 is 6.09 Å². The van der Waals surface area contributed by atoms with Gasteiger partial charge in [-0.1, -0.05) is 49.3 Å². The minimum atomic E-state index is -0.515. The van der Waals surface area contributed by atoms with Crippen LogP contribution >= 0.6 is 0 Å². The molecule has 0 spiro atoms. The number of carbonyl (C=O) groups excluding carboxylic acids is 2. The Hall–Kier alpha value is -2.61. The van der Waals surface area contributed by atoms with Crippen LogP contribution in [0.25, 0.3) is 0 Å². The van der Waals surface area contributed by atoms with E-state index in [0.717, 1.165) is 5.56 Å². The molecular formula is C22H34N4O4. The molecule has 2 rings (SSSR count). The predicted octanol–water partition coefficient (Wildman–Crippen LogP) is 2.89. The molecule has 2 N–H and O–H groups in total. The molecule has 1 atom stereocenters. The summed E-state index contributed by atoms with van der Waals surface area (Å²) in [5.74, 6) is 0.670. The van der Waals surface area contributed by atoms with E-state index in [1.807, 2.05) is 51.1 Å². The average molecular weight is 419 g/mol. The Labute approximate surface area is 179 Å². The van der Waals surface area contributed by atoms with Crippen LogP contribution in [0.15, 0.2) is 35.5 Å². The second-order valence-electron chi connectivity index (χ2n) is 8.65. The summed E-state index contributed by atoms with van der Waals surface area (Å²) < 4.78 is 5.23. The van der Waals surface area contributed by atoms with Crippen molar-refractivity contribution in [1.29, 1.82) is 0 Å². The van der Waals surface area contributed by atoms with Crippen molar-refractivity contribution in [2.75, 3.05) is 19.7 Å². The maximum absolute atomic E-state index is 12.5. The summed E-state index contributed by atoms with van der Waals surface area (Å²) in [4.78, 5) is 31.1. The summed E-state index contributed by atoms with van der Waals surface area (Å²) in [5.41, 5.74) is 0.517. The van der Waals surface area contributed by atoms with E-state index in [1.54, 1.807) is 4.90 Å². The van der Waals surface area contributed by atoms with Gasteiger partial charge in [0.15, 0.2) is 12.4 Å². The van der Waals surface area contributed by atoms with E-state index in [0.29, 0.717) is 31.9 Å². The molecule has 0 bridgehead atoms. The molecule has 166 valence electrons. The average Bonchev–Trinajstić information content (AvgIpc) is 2.66. The fourth-order valence-electron chi connectivity index (χ4n) is 3.04. The van der Waals surface area contributed by atoms with Gasteiger partial charge in [0.05, 0.1) is 12.6 Å². The molecular weight excluding hydrogens is 384 g/mol. The molecule has 1 aliphatic heterocycles. The first-order chi connectivity index (χ1) is 14.2. The van der Waals surface area contributed by atoms with Gasteiger partial charge in [0.2, 0.25) is 0 Å². The van der Waals surface area contributed by atoms with Gasteiger partial charge < -0.3 is 20.2 Å². The SMILES string of the molecule is CC(C)C(NCCCNC(=O)OC(C)(C)C)C1=NOCC(=O)N1Cc1ccccc1. The Kier molecular flexibility index (Phi) is 8.65. The maximum Gasteiger partial charge on any atom is 0.407 e. The number of amidine groups is 1. The number of amides is 2. The molecule has 8 nitrogen and oxygen atoms in total. The van der Waals surface area contributed by atoms with E-state index in [1.165, 1.54) is 0 Å². The topological polar surface area (TPSA) is 92.3 Å². The van der Waals surface area contributed by atoms with Crippen LogP contribution in [0.3, 0.4) is 0 Å². The summed E-state index contributed by atoms with van der Waals surface area (Å²) >= 11 is 0. The predicted molar refractivity (Wildman–Crippen MR) is 116 cm³/mol. The zero-order valence-corrected chi connectivity index (χ0v) is 18.6. The van der Waals surface area contributed by atoms with Crippen molar-refractivity contribution in [2.24, 2.45) is 11.1 Å². The van der Waals surface area contributed by atoms with Crippen LogP contribution in [0.2, 0.25) is 0 Å². The molecule has 8 heteroatoms. The highest BCUT2D eigenvalue weighted by Crippen LogP contribution is 2.16. The molecule has 0 saturated heterocycles. The maximum atomic E-state index is 12.5. The zero-order chi connectivity index (χ0) is 22.1. The minimum Gasteiger partial charge on any atom is -0.444 e. The highest BCUT2D eigenvalue weighted by atomic mass is 16.6. The highest BCUT2D eigenvalue weighted by molar-refractivity contribution is 6.02. The summed E-state index contributed by atoms with van der Waals surface area (Å²) in [6.07, 6.45) is 0.288. The first-order valence-corrected chi connectivity index (χ1v) is 10.4. The standard InChI is InChI=1S/C22H34N4O4/c1-16(2)19(23-12-9-13-24-21(28)30-22(3,4)5)20-25-29-15-18(27)26(20)14-17-10-7-6-8-11-17/h6-8,10-11,16,19,23H,9,12-15H2,1-5H3,(H,24,28). The van der Waals surface area contributed by atoms with Crippen molar-refractivity contribution in [3.05, 3.63) is 35.9 Å². The van der Waals surface area contributed by atoms with E-state index in [-0.39, 0.29) is 24.5 Å². The van der Waals surface area contributed by atoms with E-state index in [4.69, 9.17) is 9.57 Å². The molecule has 0 saturated carbocycles. The summed E-state index contributed by atoms with van der Waals surface area (Å²) in [5, 5.41) is 10.4. The van der Waals surface area contributed by atoms with Crippen LogP contribution in [0.1, 0.15) is 46.6 Å². The molecule has 1 heterocycles. The fourth-order valence-corrected chi connectivity index (χ4v) is 3.04. The van der Waals surface area contributed by atoms with Gasteiger partial charge in [0.25, 0.3) is 5.91 Å².